The molecule has 266 valence electrons. The van der Waals surface area contributed by atoms with Gasteiger partial charge in [0.2, 0.25) is 5.91 Å². The number of aromatic amines is 1. The van der Waals surface area contributed by atoms with Gasteiger partial charge in [0.15, 0.2) is 17.1 Å². The molecule has 1 amide bonds. The number of aromatic nitrogens is 2. The maximum absolute atomic E-state index is 14.6. The Morgan fingerprint density at radius 1 is 0.922 bits per heavy atom. The monoisotopic (exact) mass is 702 g/mol. The Bertz CT molecular complexity index is 2050. The topological polar surface area (TPSA) is 69.3 Å². The van der Waals surface area contributed by atoms with Crippen molar-refractivity contribution >= 4 is 16.9 Å². The molecule has 2 aromatic heterocycles. The molecule has 1 saturated heterocycles. The van der Waals surface area contributed by atoms with Gasteiger partial charge in [-0.05, 0) is 92.1 Å². The number of benzene rings is 3. The molecule has 0 saturated carbocycles. The highest BCUT2D eigenvalue weighted by Gasteiger charge is 2.31. The predicted octanol–water partition coefficient (Wildman–Crippen LogP) is 8.12. The summed E-state index contributed by atoms with van der Waals surface area (Å²) in [6.07, 6.45) is -1.32. The van der Waals surface area contributed by atoms with Crippen LogP contribution in [0.15, 0.2) is 89.9 Å². The van der Waals surface area contributed by atoms with Crippen LogP contribution in [0.25, 0.3) is 22.2 Å². The van der Waals surface area contributed by atoms with E-state index in [1.165, 1.54) is 24.3 Å². The third kappa shape index (κ3) is 8.20. The van der Waals surface area contributed by atoms with Gasteiger partial charge in [0, 0.05) is 49.2 Å². The van der Waals surface area contributed by atoms with Gasteiger partial charge in [0.1, 0.15) is 5.65 Å². The van der Waals surface area contributed by atoms with Gasteiger partial charge >= 0.3 is 6.18 Å². The molecule has 1 fully saturated rings. The molecule has 1 aliphatic rings. The summed E-state index contributed by atoms with van der Waals surface area (Å²) in [5, 5.41) is 0.330. The molecule has 51 heavy (non-hydrogen) atoms. The van der Waals surface area contributed by atoms with E-state index in [4.69, 9.17) is 0 Å². The zero-order valence-electron chi connectivity index (χ0n) is 28.4. The Morgan fingerprint density at radius 2 is 1.59 bits per heavy atom. The summed E-state index contributed by atoms with van der Waals surface area (Å²) in [5.41, 5.74) is 2.38. The third-order valence-corrected chi connectivity index (χ3v) is 9.81. The van der Waals surface area contributed by atoms with Crippen LogP contribution in [0.1, 0.15) is 54.6 Å². The first-order valence-corrected chi connectivity index (χ1v) is 17.1. The van der Waals surface area contributed by atoms with Crippen molar-refractivity contribution in [1.82, 2.24) is 19.8 Å². The summed E-state index contributed by atoms with van der Waals surface area (Å²) in [6, 6.07) is 19.9. The zero-order valence-corrected chi connectivity index (χ0v) is 28.4. The largest absolute Gasteiger partial charge is 0.416 e. The van der Waals surface area contributed by atoms with E-state index >= 15 is 0 Å². The van der Waals surface area contributed by atoms with Crippen molar-refractivity contribution in [3.05, 3.63) is 135 Å². The van der Waals surface area contributed by atoms with E-state index in [2.05, 4.69) is 28.7 Å². The number of hydrogen-bond donors (Lipinski definition) is 1. The SMILES string of the molecule is CC(C)N1CCC(N(Cc2ccc(-c3ccc(C(F)(F)F)cc3)cc2)C(=O)Cc2c(CCc3cccc(F)c3F)[nH]c3ncccc3c2=O)CC1. The number of nitrogens with zero attached hydrogens (tertiary/aromatic N) is 3. The minimum atomic E-state index is -4.42. The molecule has 0 unspecified atom stereocenters. The maximum Gasteiger partial charge on any atom is 0.416 e. The molecule has 6 rings (SSSR count). The van der Waals surface area contributed by atoms with Crippen molar-refractivity contribution in [3.8, 4) is 11.1 Å². The van der Waals surface area contributed by atoms with E-state index in [0.717, 1.165) is 55.3 Å². The van der Waals surface area contributed by atoms with Crippen molar-refractivity contribution in [3.63, 3.8) is 0 Å². The second-order valence-electron chi connectivity index (χ2n) is 13.4. The second kappa shape index (κ2) is 15.1. The fraction of sp³-hybridized carbons (Fsp3) is 0.325. The number of amides is 1. The molecule has 0 atom stereocenters. The van der Waals surface area contributed by atoms with E-state index in [1.807, 2.05) is 29.2 Å². The van der Waals surface area contributed by atoms with Crippen LogP contribution in [0.3, 0.4) is 0 Å². The second-order valence-corrected chi connectivity index (χ2v) is 13.4. The molecule has 0 radical (unpaired) electrons. The number of nitrogens with one attached hydrogen (secondary N) is 1. The summed E-state index contributed by atoms with van der Waals surface area (Å²) >= 11 is 0. The standard InChI is InChI=1S/C40H39F5N4O2/c1-25(2)48-21-18-31(19-22-48)49(24-26-8-10-27(11-9-26)28-12-15-30(16-13-28)40(43,44)45)36(50)23-33-35(17-14-29-5-3-7-34(41)37(29)42)47-39-32(38(33)51)6-4-20-46-39/h3-13,15-16,20,25,31H,14,17-19,21-24H2,1-2H3,(H,46,47,51). The summed E-state index contributed by atoms with van der Waals surface area (Å²) in [6.45, 7) is 6.17. The first-order valence-electron chi connectivity index (χ1n) is 17.1. The number of piperidine rings is 1. The lowest BCUT2D eigenvalue weighted by atomic mass is 9.97. The molecular weight excluding hydrogens is 663 g/mol. The van der Waals surface area contributed by atoms with Crippen LogP contribution in [-0.2, 0) is 36.8 Å². The molecule has 0 aliphatic carbocycles. The van der Waals surface area contributed by atoms with Crippen LogP contribution in [0.5, 0.6) is 0 Å². The Morgan fingerprint density at radius 3 is 2.24 bits per heavy atom. The molecule has 3 heterocycles. The lowest BCUT2D eigenvalue weighted by Gasteiger charge is -2.40. The maximum atomic E-state index is 14.6. The Hall–Kier alpha value is -4.90. The molecule has 3 aromatic carbocycles. The molecule has 11 heteroatoms. The van der Waals surface area contributed by atoms with Gasteiger partial charge in [0.05, 0.1) is 17.4 Å². The quantitative estimate of drug-likeness (QED) is 0.149. The molecule has 6 nitrogen and oxygen atoms in total. The normalized spacial score (nSPS) is 14.4. The van der Waals surface area contributed by atoms with Crippen LogP contribution in [0.2, 0.25) is 0 Å². The van der Waals surface area contributed by atoms with Crippen LogP contribution in [0, 0.1) is 11.6 Å². The highest BCUT2D eigenvalue weighted by molar-refractivity contribution is 5.82. The lowest BCUT2D eigenvalue weighted by Crippen LogP contribution is -2.49. The van der Waals surface area contributed by atoms with Crippen molar-refractivity contribution in [2.45, 2.75) is 70.8 Å². The Labute approximate surface area is 292 Å². The van der Waals surface area contributed by atoms with Gasteiger partial charge in [-0.25, -0.2) is 13.8 Å². The third-order valence-electron chi connectivity index (χ3n) is 9.81. The van der Waals surface area contributed by atoms with Crippen LogP contribution in [0.4, 0.5) is 22.0 Å². The predicted molar refractivity (Wildman–Crippen MR) is 187 cm³/mol. The summed E-state index contributed by atoms with van der Waals surface area (Å²) < 4.78 is 67.8. The fourth-order valence-corrected chi connectivity index (χ4v) is 6.85. The van der Waals surface area contributed by atoms with Gasteiger partial charge in [-0.2, -0.15) is 13.2 Å². The smallest absolute Gasteiger partial charge is 0.343 e. The van der Waals surface area contributed by atoms with Crippen LogP contribution in [-0.4, -0.2) is 50.8 Å². The van der Waals surface area contributed by atoms with Gasteiger partial charge in [-0.1, -0.05) is 48.5 Å². The molecule has 1 aliphatic heterocycles. The van der Waals surface area contributed by atoms with E-state index < -0.39 is 23.4 Å². The van der Waals surface area contributed by atoms with E-state index in [9.17, 15) is 31.5 Å². The first-order chi connectivity index (χ1) is 24.4. The zero-order chi connectivity index (χ0) is 36.3. The van der Waals surface area contributed by atoms with E-state index in [0.29, 0.717) is 28.3 Å². The van der Waals surface area contributed by atoms with Gasteiger partial charge < -0.3 is 14.8 Å². The number of aryl methyl sites for hydroxylation is 2. The van der Waals surface area contributed by atoms with Gasteiger partial charge in [-0.15, -0.1) is 0 Å². The number of carbonyl (C=O) groups excluding carboxylic acids is 1. The molecule has 0 spiro atoms. The number of H-pyrrole nitrogens is 1. The minimum Gasteiger partial charge on any atom is -0.343 e. The number of fused-ring (bicyclic) bond motifs is 1. The van der Waals surface area contributed by atoms with Crippen molar-refractivity contribution < 1.29 is 26.7 Å². The number of likely N-dealkylation sites (tertiary alicyclic amines) is 1. The van der Waals surface area contributed by atoms with Crippen molar-refractivity contribution in [2.24, 2.45) is 0 Å². The number of rotatable bonds is 10. The van der Waals surface area contributed by atoms with Crippen molar-refractivity contribution in [1.29, 1.82) is 0 Å². The number of alkyl halides is 3. The Balaban J connectivity index is 1.29. The highest BCUT2D eigenvalue weighted by Crippen LogP contribution is 2.31. The number of hydrogen-bond acceptors (Lipinski definition) is 4. The first kappa shape index (κ1) is 35.9. The summed E-state index contributed by atoms with van der Waals surface area (Å²) in [5.74, 6) is -2.14. The van der Waals surface area contributed by atoms with Crippen LogP contribution < -0.4 is 5.43 Å². The molecule has 1 N–H and O–H groups in total. The number of halogens is 5. The molecule has 0 bridgehead atoms. The van der Waals surface area contributed by atoms with Crippen molar-refractivity contribution in [2.75, 3.05) is 13.1 Å². The average molecular weight is 703 g/mol. The fourth-order valence-electron chi connectivity index (χ4n) is 6.85. The van der Waals surface area contributed by atoms with Crippen LogP contribution >= 0.6 is 0 Å². The minimum absolute atomic E-state index is 0.0897. The van der Waals surface area contributed by atoms with E-state index in [-0.39, 0.29) is 54.3 Å². The lowest BCUT2D eigenvalue weighted by molar-refractivity contribution is -0.137. The molecular formula is C40H39F5N4O2. The summed E-state index contributed by atoms with van der Waals surface area (Å²) in [4.78, 5) is 40.0. The average Bonchev–Trinajstić information content (AvgIpc) is 3.12. The number of pyridine rings is 2. The molecule has 5 aromatic rings. The van der Waals surface area contributed by atoms with E-state index in [1.54, 1.807) is 18.3 Å². The van der Waals surface area contributed by atoms with Gasteiger partial charge in [0.25, 0.3) is 0 Å². The van der Waals surface area contributed by atoms with Gasteiger partial charge in [-0.3, -0.25) is 9.59 Å². The highest BCUT2D eigenvalue weighted by atomic mass is 19.4. The summed E-state index contributed by atoms with van der Waals surface area (Å²) in [7, 11) is 0. The number of carbonyl (C=O) groups is 1. The Kier molecular flexibility index (Phi) is 10.7.